The molecule has 0 aromatic heterocycles. The zero-order valence-electron chi connectivity index (χ0n) is 47.8. The fourth-order valence-corrected chi connectivity index (χ4v) is 9.39. The number of unbranched alkanes of at least 4 members (excludes halogenated alkanes) is 41. The number of esters is 3. The fourth-order valence-electron chi connectivity index (χ4n) is 9.39. The summed E-state index contributed by atoms with van der Waals surface area (Å²) in [6.07, 6.45) is 73.1. The molecule has 416 valence electrons. The van der Waals surface area contributed by atoms with E-state index in [1.54, 1.807) is 0 Å². The van der Waals surface area contributed by atoms with E-state index in [9.17, 15) is 14.4 Å². The monoisotopic (exact) mass is 997 g/mol. The number of allylic oxidation sites excluding steroid dienone is 6. The Morgan fingerprint density at radius 3 is 0.789 bits per heavy atom. The molecule has 0 spiro atoms. The third-order valence-electron chi connectivity index (χ3n) is 14.1. The highest BCUT2D eigenvalue weighted by molar-refractivity contribution is 5.71. The Kier molecular flexibility index (Phi) is 58.2. The molecule has 0 amide bonds. The summed E-state index contributed by atoms with van der Waals surface area (Å²) in [7, 11) is 0. The number of carbonyl (C=O) groups excluding carboxylic acids is 3. The van der Waals surface area contributed by atoms with Crippen molar-refractivity contribution in [3.05, 3.63) is 36.5 Å². The van der Waals surface area contributed by atoms with E-state index in [-0.39, 0.29) is 31.1 Å². The first-order valence-corrected chi connectivity index (χ1v) is 31.5. The van der Waals surface area contributed by atoms with Crippen LogP contribution in [0.4, 0.5) is 0 Å². The molecular weight excluding hydrogens is 877 g/mol. The van der Waals surface area contributed by atoms with Gasteiger partial charge in [0.1, 0.15) is 13.2 Å². The molecule has 0 aliphatic rings. The van der Waals surface area contributed by atoms with Gasteiger partial charge in [0.25, 0.3) is 0 Å². The summed E-state index contributed by atoms with van der Waals surface area (Å²) in [6, 6.07) is 0. The molecule has 0 rings (SSSR count). The molecule has 71 heavy (non-hydrogen) atoms. The Morgan fingerprint density at radius 1 is 0.282 bits per heavy atom. The quantitative estimate of drug-likeness (QED) is 0.0261. The van der Waals surface area contributed by atoms with Gasteiger partial charge >= 0.3 is 17.9 Å². The van der Waals surface area contributed by atoms with Gasteiger partial charge in [0.15, 0.2) is 6.10 Å². The number of hydrogen-bond acceptors (Lipinski definition) is 6. The molecule has 0 aromatic rings. The van der Waals surface area contributed by atoms with E-state index < -0.39 is 6.10 Å². The molecule has 0 aromatic carbocycles. The van der Waals surface area contributed by atoms with Crippen molar-refractivity contribution < 1.29 is 28.6 Å². The summed E-state index contributed by atoms with van der Waals surface area (Å²) in [4.78, 5) is 38.1. The zero-order chi connectivity index (χ0) is 51.4. The molecule has 0 fully saturated rings. The van der Waals surface area contributed by atoms with Crippen LogP contribution in [-0.4, -0.2) is 37.2 Å². The second-order valence-electron chi connectivity index (χ2n) is 21.3. The first kappa shape index (κ1) is 68.6. The van der Waals surface area contributed by atoms with Gasteiger partial charge in [-0.2, -0.15) is 0 Å². The molecule has 0 saturated heterocycles. The van der Waals surface area contributed by atoms with Crippen LogP contribution in [0.2, 0.25) is 0 Å². The number of carbonyl (C=O) groups is 3. The lowest BCUT2D eigenvalue weighted by Gasteiger charge is -2.18. The summed E-state index contributed by atoms with van der Waals surface area (Å²) in [5.74, 6) is -0.870. The molecule has 1 atom stereocenters. The third kappa shape index (κ3) is 58.4. The van der Waals surface area contributed by atoms with E-state index in [0.717, 1.165) is 77.0 Å². The maximum absolute atomic E-state index is 12.9. The lowest BCUT2D eigenvalue weighted by Crippen LogP contribution is -2.30. The molecule has 0 N–H and O–H groups in total. The molecule has 6 nitrogen and oxygen atoms in total. The van der Waals surface area contributed by atoms with Gasteiger partial charge in [0.2, 0.25) is 0 Å². The smallest absolute Gasteiger partial charge is 0.306 e. The number of ether oxygens (including phenoxy) is 3. The van der Waals surface area contributed by atoms with E-state index in [1.165, 1.54) is 225 Å². The minimum absolute atomic E-state index is 0.0730. The first-order valence-electron chi connectivity index (χ1n) is 31.5. The Balaban J connectivity index is 4.16. The van der Waals surface area contributed by atoms with Crippen molar-refractivity contribution in [2.75, 3.05) is 13.2 Å². The van der Waals surface area contributed by atoms with Gasteiger partial charge in [0.05, 0.1) is 0 Å². The highest BCUT2D eigenvalue weighted by Crippen LogP contribution is 2.17. The highest BCUT2D eigenvalue weighted by Gasteiger charge is 2.19. The summed E-state index contributed by atoms with van der Waals surface area (Å²) < 4.78 is 16.9. The predicted molar refractivity (Wildman–Crippen MR) is 307 cm³/mol. The zero-order valence-corrected chi connectivity index (χ0v) is 47.8. The van der Waals surface area contributed by atoms with E-state index in [1.807, 2.05) is 0 Å². The number of rotatable bonds is 58. The van der Waals surface area contributed by atoms with Crippen LogP contribution in [0.25, 0.3) is 0 Å². The second kappa shape index (κ2) is 60.2. The third-order valence-corrected chi connectivity index (χ3v) is 14.1. The van der Waals surface area contributed by atoms with Gasteiger partial charge in [-0.15, -0.1) is 0 Å². The molecule has 1 unspecified atom stereocenters. The Morgan fingerprint density at radius 2 is 0.507 bits per heavy atom. The van der Waals surface area contributed by atoms with E-state index in [2.05, 4.69) is 57.2 Å². The Hall–Kier alpha value is -2.37. The minimum atomic E-state index is -0.775. The van der Waals surface area contributed by atoms with Gasteiger partial charge in [-0.25, -0.2) is 0 Å². The topological polar surface area (TPSA) is 78.9 Å². The van der Waals surface area contributed by atoms with Gasteiger partial charge in [-0.3, -0.25) is 14.4 Å². The first-order chi connectivity index (χ1) is 35.0. The van der Waals surface area contributed by atoms with Crippen molar-refractivity contribution in [3.8, 4) is 0 Å². The average molecular weight is 998 g/mol. The van der Waals surface area contributed by atoms with E-state index in [4.69, 9.17) is 14.2 Å². The van der Waals surface area contributed by atoms with Crippen LogP contribution in [0.5, 0.6) is 0 Å². The van der Waals surface area contributed by atoms with E-state index >= 15 is 0 Å². The van der Waals surface area contributed by atoms with Crippen LogP contribution in [0, 0.1) is 0 Å². The van der Waals surface area contributed by atoms with Crippen molar-refractivity contribution >= 4 is 17.9 Å². The standard InChI is InChI=1S/C65H120O6/c1-4-7-10-13-16-19-21-23-25-27-29-31-32-33-35-36-38-40-42-44-46-49-52-55-58-64(67)70-61-62(60-69-63(66)57-54-51-48-18-15-12-9-6-3)71-65(68)59-56-53-50-47-45-43-41-39-37-34-30-28-26-24-22-20-17-14-11-8-5-2/h22,24,28,30,37,39,62H,4-21,23,25-27,29,31-36,38,40-61H2,1-3H3/b24-22-,30-28-,39-37-. The van der Waals surface area contributed by atoms with Crippen molar-refractivity contribution in [1.29, 1.82) is 0 Å². The van der Waals surface area contributed by atoms with Crippen molar-refractivity contribution in [3.63, 3.8) is 0 Å². The highest BCUT2D eigenvalue weighted by atomic mass is 16.6. The molecule has 0 aliphatic carbocycles. The SMILES string of the molecule is CCCCCCC/C=C\C/C=C\C/C=C\CCCCCCCCC(=O)OC(COC(=O)CCCCCCCCCC)COC(=O)CCCCCCCCCCCCCCCCCCCCCCCCCC. The normalized spacial score (nSPS) is 12.2. The van der Waals surface area contributed by atoms with Crippen LogP contribution < -0.4 is 0 Å². The minimum Gasteiger partial charge on any atom is -0.462 e. The predicted octanol–water partition coefficient (Wildman–Crippen LogP) is 21.2. The van der Waals surface area contributed by atoms with Gasteiger partial charge in [-0.1, -0.05) is 301 Å². The van der Waals surface area contributed by atoms with Crippen molar-refractivity contribution in [1.82, 2.24) is 0 Å². The number of hydrogen-bond donors (Lipinski definition) is 0. The van der Waals surface area contributed by atoms with E-state index in [0.29, 0.717) is 19.3 Å². The molecule has 0 bridgehead atoms. The summed E-state index contributed by atoms with van der Waals surface area (Å²) in [5.41, 5.74) is 0. The van der Waals surface area contributed by atoms with Crippen LogP contribution in [0.1, 0.15) is 342 Å². The van der Waals surface area contributed by atoms with Crippen LogP contribution in [0.15, 0.2) is 36.5 Å². The fraction of sp³-hybridized carbons (Fsp3) is 0.862. The lowest BCUT2D eigenvalue weighted by atomic mass is 10.0. The summed E-state index contributed by atoms with van der Waals surface area (Å²) >= 11 is 0. The van der Waals surface area contributed by atoms with Gasteiger partial charge in [0, 0.05) is 19.3 Å². The van der Waals surface area contributed by atoms with Crippen molar-refractivity contribution in [2.45, 2.75) is 348 Å². The Bertz CT molecular complexity index is 1190. The summed E-state index contributed by atoms with van der Waals surface area (Å²) in [6.45, 7) is 6.64. The van der Waals surface area contributed by atoms with Crippen LogP contribution in [0.3, 0.4) is 0 Å². The molecule has 0 aliphatic heterocycles. The van der Waals surface area contributed by atoms with Crippen LogP contribution in [-0.2, 0) is 28.6 Å². The Labute approximate surface area is 442 Å². The van der Waals surface area contributed by atoms with Gasteiger partial charge in [-0.05, 0) is 57.8 Å². The van der Waals surface area contributed by atoms with Gasteiger partial charge < -0.3 is 14.2 Å². The second-order valence-corrected chi connectivity index (χ2v) is 21.3. The van der Waals surface area contributed by atoms with Crippen LogP contribution >= 0.6 is 0 Å². The molecular formula is C65H120O6. The maximum Gasteiger partial charge on any atom is 0.306 e. The lowest BCUT2D eigenvalue weighted by molar-refractivity contribution is -0.167. The van der Waals surface area contributed by atoms with Crippen molar-refractivity contribution in [2.24, 2.45) is 0 Å². The molecule has 6 heteroatoms. The maximum atomic E-state index is 12.9. The summed E-state index contributed by atoms with van der Waals surface area (Å²) in [5, 5.41) is 0. The average Bonchev–Trinajstić information content (AvgIpc) is 3.37. The molecule has 0 radical (unpaired) electrons. The molecule has 0 heterocycles. The largest absolute Gasteiger partial charge is 0.462 e. The molecule has 0 saturated carbocycles.